The van der Waals surface area contributed by atoms with Crippen LogP contribution in [0.1, 0.15) is 13.8 Å². The standard InChI is InChI=1S/C6H14N2/c1-3-8-4-6(2,7)5-8/h3-5,7H2,1-2H3. The van der Waals surface area contributed by atoms with Crippen LogP contribution in [0.3, 0.4) is 0 Å². The zero-order chi connectivity index (χ0) is 6.20. The van der Waals surface area contributed by atoms with E-state index < -0.39 is 0 Å². The Morgan fingerprint density at radius 3 is 2.25 bits per heavy atom. The number of likely N-dealkylation sites (tertiary alicyclic amines) is 1. The predicted molar refractivity (Wildman–Crippen MR) is 34.7 cm³/mol. The van der Waals surface area contributed by atoms with Gasteiger partial charge in [0.25, 0.3) is 0 Å². The molecule has 48 valence electrons. The number of hydrogen-bond donors (Lipinski definition) is 1. The summed E-state index contributed by atoms with van der Waals surface area (Å²) in [6, 6.07) is 0. The summed E-state index contributed by atoms with van der Waals surface area (Å²) in [5.41, 5.74) is 5.87. The van der Waals surface area contributed by atoms with Crippen LogP contribution in [0.2, 0.25) is 0 Å². The fourth-order valence-electron chi connectivity index (χ4n) is 1.20. The Morgan fingerprint density at radius 1 is 1.62 bits per heavy atom. The summed E-state index contributed by atoms with van der Waals surface area (Å²) >= 11 is 0. The zero-order valence-electron chi connectivity index (χ0n) is 5.65. The summed E-state index contributed by atoms with van der Waals surface area (Å²) in [6.45, 7) is 7.55. The molecule has 0 aromatic rings. The summed E-state index contributed by atoms with van der Waals surface area (Å²) in [6.07, 6.45) is 0. The molecule has 0 atom stereocenters. The average molecular weight is 114 g/mol. The summed E-state index contributed by atoms with van der Waals surface area (Å²) in [5, 5.41) is 0. The monoisotopic (exact) mass is 114 g/mol. The van der Waals surface area contributed by atoms with Crippen LogP contribution in [0, 0.1) is 0 Å². The molecule has 1 saturated heterocycles. The molecule has 0 radical (unpaired) electrons. The fraction of sp³-hybridized carbons (Fsp3) is 1.00. The van der Waals surface area contributed by atoms with Gasteiger partial charge in [0.05, 0.1) is 0 Å². The van der Waals surface area contributed by atoms with E-state index in [1.165, 1.54) is 0 Å². The van der Waals surface area contributed by atoms with E-state index in [-0.39, 0.29) is 5.54 Å². The molecular weight excluding hydrogens is 100 g/mol. The number of nitrogens with zero attached hydrogens (tertiary/aromatic N) is 1. The van der Waals surface area contributed by atoms with E-state index in [0.29, 0.717) is 0 Å². The Balaban J connectivity index is 2.21. The molecule has 1 aliphatic heterocycles. The van der Waals surface area contributed by atoms with Gasteiger partial charge < -0.3 is 5.73 Å². The van der Waals surface area contributed by atoms with E-state index >= 15 is 0 Å². The molecule has 0 aromatic heterocycles. The van der Waals surface area contributed by atoms with Gasteiger partial charge in [-0.15, -0.1) is 0 Å². The van der Waals surface area contributed by atoms with Gasteiger partial charge in [-0.25, -0.2) is 0 Å². The highest BCUT2D eigenvalue weighted by molar-refractivity contribution is 4.94. The van der Waals surface area contributed by atoms with Gasteiger partial charge in [0.2, 0.25) is 0 Å². The Bertz CT molecular complexity index is 80.5. The highest BCUT2D eigenvalue weighted by atomic mass is 15.2. The van der Waals surface area contributed by atoms with Crippen LogP contribution >= 0.6 is 0 Å². The van der Waals surface area contributed by atoms with Gasteiger partial charge in [0, 0.05) is 18.6 Å². The molecular formula is C6H14N2. The van der Waals surface area contributed by atoms with E-state index in [2.05, 4.69) is 18.7 Å². The van der Waals surface area contributed by atoms with Gasteiger partial charge in [-0.2, -0.15) is 0 Å². The molecule has 0 spiro atoms. The topological polar surface area (TPSA) is 29.3 Å². The predicted octanol–water partition coefficient (Wildman–Crippen LogP) is 0.0393. The Kier molecular flexibility index (Phi) is 1.29. The SMILES string of the molecule is CCN1CC(C)(N)C1. The van der Waals surface area contributed by atoms with Crippen molar-refractivity contribution in [2.45, 2.75) is 19.4 Å². The lowest BCUT2D eigenvalue weighted by molar-refractivity contribution is 0.0905. The van der Waals surface area contributed by atoms with E-state index in [4.69, 9.17) is 5.73 Å². The van der Waals surface area contributed by atoms with Crippen LogP contribution in [0.4, 0.5) is 0 Å². The second-order valence-electron chi connectivity index (χ2n) is 2.96. The van der Waals surface area contributed by atoms with Gasteiger partial charge in [0.15, 0.2) is 0 Å². The van der Waals surface area contributed by atoms with Crippen molar-refractivity contribution < 1.29 is 0 Å². The Morgan fingerprint density at radius 2 is 2.12 bits per heavy atom. The first kappa shape index (κ1) is 6.05. The van der Waals surface area contributed by atoms with Crippen LogP contribution < -0.4 is 5.73 Å². The summed E-state index contributed by atoms with van der Waals surface area (Å²) < 4.78 is 0. The van der Waals surface area contributed by atoms with Gasteiger partial charge in [-0.1, -0.05) is 6.92 Å². The number of likely N-dealkylation sites (N-methyl/N-ethyl adjacent to an activating group) is 1. The van der Waals surface area contributed by atoms with Crippen molar-refractivity contribution in [1.82, 2.24) is 4.90 Å². The molecule has 1 aliphatic rings. The van der Waals surface area contributed by atoms with Gasteiger partial charge in [-0.05, 0) is 13.5 Å². The maximum atomic E-state index is 5.75. The third-order valence-corrected chi connectivity index (χ3v) is 1.62. The van der Waals surface area contributed by atoms with Crippen molar-refractivity contribution in [2.75, 3.05) is 19.6 Å². The molecule has 0 amide bonds. The second-order valence-corrected chi connectivity index (χ2v) is 2.96. The van der Waals surface area contributed by atoms with E-state index in [1.54, 1.807) is 0 Å². The fourth-order valence-corrected chi connectivity index (χ4v) is 1.20. The lowest BCUT2D eigenvalue weighted by atomic mass is 9.94. The number of hydrogen-bond acceptors (Lipinski definition) is 2. The third-order valence-electron chi connectivity index (χ3n) is 1.62. The molecule has 0 unspecified atom stereocenters. The van der Waals surface area contributed by atoms with E-state index in [0.717, 1.165) is 19.6 Å². The smallest absolute Gasteiger partial charge is 0.0383 e. The summed E-state index contributed by atoms with van der Waals surface area (Å²) in [4.78, 5) is 2.33. The van der Waals surface area contributed by atoms with Crippen molar-refractivity contribution in [2.24, 2.45) is 5.73 Å². The lowest BCUT2D eigenvalue weighted by Crippen LogP contribution is -2.65. The molecule has 1 fully saturated rings. The van der Waals surface area contributed by atoms with E-state index in [9.17, 15) is 0 Å². The Hall–Kier alpha value is -0.0800. The first-order chi connectivity index (χ1) is 3.64. The maximum Gasteiger partial charge on any atom is 0.0383 e. The second kappa shape index (κ2) is 1.71. The zero-order valence-corrected chi connectivity index (χ0v) is 5.65. The highest BCUT2D eigenvalue weighted by Crippen LogP contribution is 2.15. The van der Waals surface area contributed by atoms with Crippen LogP contribution in [0.15, 0.2) is 0 Å². The Labute approximate surface area is 50.7 Å². The van der Waals surface area contributed by atoms with Crippen molar-refractivity contribution in [3.63, 3.8) is 0 Å². The maximum absolute atomic E-state index is 5.75. The van der Waals surface area contributed by atoms with Crippen molar-refractivity contribution >= 4 is 0 Å². The molecule has 0 aliphatic carbocycles. The van der Waals surface area contributed by atoms with Crippen LogP contribution in [-0.2, 0) is 0 Å². The molecule has 2 N–H and O–H groups in total. The molecule has 2 nitrogen and oxygen atoms in total. The third kappa shape index (κ3) is 1.01. The molecule has 0 saturated carbocycles. The lowest BCUT2D eigenvalue weighted by Gasteiger charge is -2.44. The van der Waals surface area contributed by atoms with Crippen LogP contribution in [0.25, 0.3) is 0 Å². The molecule has 1 rings (SSSR count). The normalized spacial score (nSPS) is 27.4. The van der Waals surface area contributed by atoms with E-state index in [1.807, 2.05) is 0 Å². The molecule has 8 heavy (non-hydrogen) atoms. The van der Waals surface area contributed by atoms with Crippen molar-refractivity contribution in [3.05, 3.63) is 0 Å². The minimum absolute atomic E-state index is 0.121. The van der Waals surface area contributed by atoms with Gasteiger partial charge in [0.1, 0.15) is 0 Å². The minimum Gasteiger partial charge on any atom is -0.323 e. The van der Waals surface area contributed by atoms with Crippen LogP contribution in [0.5, 0.6) is 0 Å². The largest absolute Gasteiger partial charge is 0.323 e. The van der Waals surface area contributed by atoms with Gasteiger partial charge in [-0.3, -0.25) is 4.90 Å². The quantitative estimate of drug-likeness (QED) is 0.521. The molecule has 0 aromatic carbocycles. The van der Waals surface area contributed by atoms with Gasteiger partial charge >= 0.3 is 0 Å². The number of rotatable bonds is 1. The summed E-state index contributed by atoms with van der Waals surface area (Å²) in [7, 11) is 0. The first-order valence-corrected chi connectivity index (χ1v) is 3.15. The number of nitrogens with two attached hydrogens (primary N) is 1. The van der Waals surface area contributed by atoms with Crippen molar-refractivity contribution in [1.29, 1.82) is 0 Å². The highest BCUT2D eigenvalue weighted by Gasteiger charge is 2.32. The first-order valence-electron chi connectivity index (χ1n) is 3.15. The molecule has 1 heterocycles. The summed E-state index contributed by atoms with van der Waals surface area (Å²) in [5.74, 6) is 0. The van der Waals surface area contributed by atoms with Crippen LogP contribution in [-0.4, -0.2) is 30.1 Å². The molecule has 0 bridgehead atoms. The van der Waals surface area contributed by atoms with Crippen molar-refractivity contribution in [3.8, 4) is 0 Å². The minimum atomic E-state index is 0.121. The molecule has 2 heteroatoms. The average Bonchev–Trinajstić information content (AvgIpc) is 1.60.